The topological polar surface area (TPSA) is 16.4 Å². The van der Waals surface area contributed by atoms with Gasteiger partial charge in [-0.2, -0.15) is 0 Å². The molecule has 0 saturated heterocycles. The molecule has 2 nitrogen and oxygen atoms in total. The lowest BCUT2D eigenvalue weighted by Crippen LogP contribution is -2.13. The van der Waals surface area contributed by atoms with Crippen molar-refractivity contribution in [3.8, 4) is 44.5 Å². The molecule has 11 aromatic rings. The Morgan fingerprint density at radius 3 is 1.48 bits per heavy atom. The molecule has 1 heterocycles. The van der Waals surface area contributed by atoms with Gasteiger partial charge in [-0.05, 0) is 85.9 Å². The van der Waals surface area contributed by atoms with E-state index in [1.54, 1.807) is 0 Å². The molecule has 58 heavy (non-hydrogen) atoms. The van der Waals surface area contributed by atoms with E-state index in [4.69, 9.17) is 4.42 Å². The fourth-order valence-electron chi connectivity index (χ4n) is 8.84. The summed E-state index contributed by atoms with van der Waals surface area (Å²) < 4.78 is 6.64. The maximum Gasteiger partial charge on any atom is 0.136 e. The smallest absolute Gasteiger partial charge is 0.136 e. The molecule has 0 radical (unpaired) electrons. The predicted octanol–water partition coefficient (Wildman–Crippen LogP) is 16.0. The molecular formula is C56H37NO. The Morgan fingerprint density at radius 2 is 0.793 bits per heavy atom. The van der Waals surface area contributed by atoms with E-state index in [9.17, 15) is 0 Å². The minimum Gasteiger partial charge on any atom is -0.456 e. The fourth-order valence-corrected chi connectivity index (χ4v) is 8.84. The summed E-state index contributed by atoms with van der Waals surface area (Å²) in [5.41, 5.74) is 14.2. The quantitative estimate of drug-likeness (QED) is 0.151. The molecule has 0 N–H and O–H groups in total. The van der Waals surface area contributed by atoms with E-state index >= 15 is 0 Å². The van der Waals surface area contributed by atoms with Gasteiger partial charge >= 0.3 is 0 Å². The molecule has 0 aliphatic heterocycles. The fraction of sp³-hybridized carbons (Fsp3) is 0. The third-order valence-electron chi connectivity index (χ3n) is 11.4. The second-order valence-electron chi connectivity index (χ2n) is 14.8. The first kappa shape index (κ1) is 33.6. The van der Waals surface area contributed by atoms with E-state index < -0.39 is 0 Å². The number of furan rings is 1. The molecule has 0 aliphatic carbocycles. The van der Waals surface area contributed by atoms with Crippen LogP contribution >= 0.6 is 0 Å². The molecular weight excluding hydrogens is 703 g/mol. The number of nitrogens with zero attached hydrogens (tertiary/aromatic N) is 1. The molecule has 0 amide bonds. The highest BCUT2D eigenvalue weighted by atomic mass is 16.3. The molecule has 272 valence electrons. The minimum atomic E-state index is 0.857. The van der Waals surface area contributed by atoms with Gasteiger partial charge in [0.15, 0.2) is 0 Å². The van der Waals surface area contributed by atoms with Gasteiger partial charge < -0.3 is 9.32 Å². The van der Waals surface area contributed by atoms with Crippen molar-refractivity contribution < 1.29 is 4.42 Å². The van der Waals surface area contributed by atoms with E-state index in [0.717, 1.165) is 61.3 Å². The molecule has 0 aliphatic rings. The highest BCUT2D eigenvalue weighted by molar-refractivity contribution is 6.24. The summed E-state index contributed by atoms with van der Waals surface area (Å²) in [6.07, 6.45) is 0. The number of hydrogen-bond donors (Lipinski definition) is 0. The van der Waals surface area contributed by atoms with Gasteiger partial charge in [0.25, 0.3) is 0 Å². The highest BCUT2D eigenvalue weighted by Gasteiger charge is 2.28. The van der Waals surface area contributed by atoms with Crippen molar-refractivity contribution in [2.75, 3.05) is 4.90 Å². The van der Waals surface area contributed by atoms with Crippen molar-refractivity contribution in [2.45, 2.75) is 0 Å². The summed E-state index contributed by atoms with van der Waals surface area (Å²) >= 11 is 0. The van der Waals surface area contributed by atoms with Crippen molar-refractivity contribution >= 4 is 60.5 Å². The Balaban J connectivity index is 1.30. The number of fused-ring (bicyclic) bond motifs is 6. The predicted molar refractivity (Wildman–Crippen MR) is 245 cm³/mol. The zero-order valence-corrected chi connectivity index (χ0v) is 31.7. The van der Waals surface area contributed by atoms with E-state index in [2.05, 4.69) is 229 Å². The van der Waals surface area contributed by atoms with Gasteiger partial charge in [0, 0.05) is 33.0 Å². The second-order valence-corrected chi connectivity index (χ2v) is 14.8. The molecule has 11 rings (SSSR count). The third-order valence-corrected chi connectivity index (χ3v) is 11.4. The van der Waals surface area contributed by atoms with Crippen LogP contribution in [0.3, 0.4) is 0 Å². The van der Waals surface area contributed by atoms with Gasteiger partial charge in [0.05, 0.1) is 11.4 Å². The third kappa shape index (κ3) is 5.66. The molecule has 0 atom stereocenters. The van der Waals surface area contributed by atoms with E-state index in [-0.39, 0.29) is 0 Å². The lowest BCUT2D eigenvalue weighted by molar-refractivity contribution is 0.669. The van der Waals surface area contributed by atoms with Crippen LogP contribution in [0.2, 0.25) is 0 Å². The van der Waals surface area contributed by atoms with Gasteiger partial charge in [-0.1, -0.05) is 188 Å². The SMILES string of the molecule is c1ccc(-c2ccc(N(c3ccc4oc5ccccc5c4c3-c3cccc(-c4ccccc4)c3)c3c(-c4ccccc4)c4ccccc4c4ccccc34)cc2)cc1. The molecule has 1 aromatic heterocycles. The van der Waals surface area contributed by atoms with Crippen molar-refractivity contribution in [1.29, 1.82) is 0 Å². The number of para-hydroxylation sites is 1. The van der Waals surface area contributed by atoms with Gasteiger partial charge in [-0.3, -0.25) is 0 Å². The number of anilines is 3. The van der Waals surface area contributed by atoms with Crippen molar-refractivity contribution in [3.63, 3.8) is 0 Å². The average molecular weight is 740 g/mol. The maximum atomic E-state index is 6.64. The van der Waals surface area contributed by atoms with Crippen molar-refractivity contribution in [1.82, 2.24) is 0 Å². The second kappa shape index (κ2) is 14.1. The monoisotopic (exact) mass is 739 g/mol. The molecule has 0 saturated carbocycles. The number of rotatable bonds is 7. The Hall–Kier alpha value is -7.68. The normalized spacial score (nSPS) is 11.4. The zero-order valence-electron chi connectivity index (χ0n) is 31.7. The van der Waals surface area contributed by atoms with Crippen LogP contribution < -0.4 is 4.90 Å². The van der Waals surface area contributed by atoms with Crippen molar-refractivity contribution in [2.24, 2.45) is 0 Å². The average Bonchev–Trinajstić information content (AvgIpc) is 3.69. The molecule has 0 spiro atoms. The largest absolute Gasteiger partial charge is 0.456 e. The van der Waals surface area contributed by atoms with Crippen LogP contribution in [-0.4, -0.2) is 0 Å². The van der Waals surface area contributed by atoms with Crippen LogP contribution in [0.4, 0.5) is 17.1 Å². The standard InChI is InChI=1S/C56H37NO/c1-4-17-38(18-5-1)40-31-33-44(34-32-40)57(56-48-28-13-11-26-46(48)45-25-10-12-27-47(45)53(56)41-21-8-3-9-22-41)50-35-36-52-55(49-29-14-15-30-51(49)58-52)54(50)43-24-16-23-42(37-43)39-19-6-2-7-20-39/h1-37H. The Labute approximate surface area is 337 Å². The molecule has 10 aromatic carbocycles. The summed E-state index contributed by atoms with van der Waals surface area (Å²) in [5, 5.41) is 7.00. The van der Waals surface area contributed by atoms with Gasteiger partial charge in [0.1, 0.15) is 11.2 Å². The van der Waals surface area contributed by atoms with Gasteiger partial charge in [-0.25, -0.2) is 0 Å². The van der Waals surface area contributed by atoms with Gasteiger partial charge in [-0.15, -0.1) is 0 Å². The van der Waals surface area contributed by atoms with E-state index in [0.29, 0.717) is 0 Å². The summed E-state index contributed by atoms with van der Waals surface area (Å²) in [6, 6.07) is 80.8. The first-order valence-corrected chi connectivity index (χ1v) is 19.8. The first-order chi connectivity index (χ1) is 28.8. The van der Waals surface area contributed by atoms with Crippen LogP contribution in [-0.2, 0) is 0 Å². The Morgan fingerprint density at radius 1 is 0.293 bits per heavy atom. The molecule has 0 fully saturated rings. The number of hydrogen-bond acceptors (Lipinski definition) is 2. The van der Waals surface area contributed by atoms with E-state index in [1.165, 1.54) is 43.8 Å². The van der Waals surface area contributed by atoms with Crippen LogP contribution in [0, 0.1) is 0 Å². The van der Waals surface area contributed by atoms with Gasteiger partial charge in [0.2, 0.25) is 0 Å². The lowest BCUT2D eigenvalue weighted by Gasteiger charge is -2.32. The van der Waals surface area contributed by atoms with Crippen LogP contribution in [0.1, 0.15) is 0 Å². The Kier molecular flexibility index (Phi) is 8.19. The van der Waals surface area contributed by atoms with E-state index in [1.807, 2.05) is 0 Å². The molecule has 0 bridgehead atoms. The lowest BCUT2D eigenvalue weighted by atomic mass is 9.89. The summed E-state index contributed by atoms with van der Waals surface area (Å²) in [5.74, 6) is 0. The summed E-state index contributed by atoms with van der Waals surface area (Å²) in [7, 11) is 0. The minimum absolute atomic E-state index is 0.857. The first-order valence-electron chi connectivity index (χ1n) is 19.8. The van der Waals surface area contributed by atoms with Crippen molar-refractivity contribution in [3.05, 3.63) is 224 Å². The highest BCUT2D eigenvalue weighted by Crippen LogP contribution is 2.53. The maximum absolute atomic E-state index is 6.64. The number of benzene rings is 10. The molecule has 0 unspecified atom stereocenters. The molecule has 2 heteroatoms. The van der Waals surface area contributed by atoms with Crippen LogP contribution in [0.25, 0.3) is 88.0 Å². The Bertz CT molecular complexity index is 3260. The summed E-state index contributed by atoms with van der Waals surface area (Å²) in [4.78, 5) is 2.51. The summed E-state index contributed by atoms with van der Waals surface area (Å²) in [6.45, 7) is 0. The van der Waals surface area contributed by atoms with Crippen LogP contribution in [0.5, 0.6) is 0 Å². The van der Waals surface area contributed by atoms with Crippen LogP contribution in [0.15, 0.2) is 229 Å². The zero-order chi connectivity index (χ0) is 38.4.